The molecule has 0 saturated carbocycles. The van der Waals surface area contributed by atoms with Gasteiger partial charge in [-0.05, 0) is 49.1 Å². The summed E-state index contributed by atoms with van der Waals surface area (Å²) in [6.45, 7) is 4.98. The fraction of sp³-hybridized carbons (Fsp3) is 0.500. The van der Waals surface area contributed by atoms with E-state index in [1.807, 2.05) is 47.4 Å². The minimum Gasteiger partial charge on any atom is -0.376 e. The number of hydrogen-bond donors (Lipinski definition) is 2. The highest BCUT2D eigenvalue weighted by Crippen LogP contribution is 2.16. The molecule has 9 nitrogen and oxygen atoms in total. The molecule has 3 heterocycles. The van der Waals surface area contributed by atoms with Crippen molar-refractivity contribution in [2.75, 3.05) is 56.2 Å². The van der Waals surface area contributed by atoms with Crippen molar-refractivity contribution in [2.45, 2.75) is 38.4 Å². The third kappa shape index (κ3) is 7.93. The van der Waals surface area contributed by atoms with Crippen LogP contribution in [-0.4, -0.2) is 73.9 Å². The van der Waals surface area contributed by atoms with Gasteiger partial charge < -0.3 is 29.9 Å². The zero-order valence-corrected chi connectivity index (χ0v) is 20.2. The predicted octanol–water partition coefficient (Wildman–Crippen LogP) is 3.03. The summed E-state index contributed by atoms with van der Waals surface area (Å²) in [5, 5.41) is 5.61. The first-order valence-electron chi connectivity index (χ1n) is 12.4. The number of amides is 3. The van der Waals surface area contributed by atoms with E-state index in [9.17, 15) is 9.59 Å². The maximum Gasteiger partial charge on any atom is 0.319 e. The Morgan fingerprint density at radius 2 is 1.97 bits per heavy atom. The van der Waals surface area contributed by atoms with Crippen LogP contribution in [0.25, 0.3) is 0 Å². The number of anilines is 2. The summed E-state index contributed by atoms with van der Waals surface area (Å²) in [4.78, 5) is 33.2. The van der Waals surface area contributed by atoms with Crippen molar-refractivity contribution in [2.24, 2.45) is 0 Å². The van der Waals surface area contributed by atoms with Crippen LogP contribution in [0.2, 0.25) is 0 Å². The van der Waals surface area contributed by atoms with E-state index in [4.69, 9.17) is 9.47 Å². The van der Waals surface area contributed by atoms with E-state index in [1.165, 1.54) is 6.42 Å². The molecule has 0 aliphatic carbocycles. The Balaban J connectivity index is 1.12. The molecule has 0 bridgehead atoms. The van der Waals surface area contributed by atoms with Gasteiger partial charge in [0.05, 0.1) is 19.3 Å². The minimum absolute atomic E-state index is 0.0482. The van der Waals surface area contributed by atoms with Gasteiger partial charge in [0.25, 0.3) is 0 Å². The molecule has 2 N–H and O–H groups in total. The van der Waals surface area contributed by atoms with Gasteiger partial charge in [-0.3, -0.25) is 4.79 Å². The maximum absolute atomic E-state index is 12.5. The topological polar surface area (TPSA) is 96.0 Å². The van der Waals surface area contributed by atoms with Crippen molar-refractivity contribution in [3.05, 3.63) is 54.2 Å². The number of benzene rings is 1. The molecule has 2 saturated heterocycles. The summed E-state index contributed by atoms with van der Waals surface area (Å²) >= 11 is 0. The lowest BCUT2D eigenvalue weighted by Gasteiger charge is -2.35. The molecule has 1 atom stereocenters. The number of piperazine rings is 1. The van der Waals surface area contributed by atoms with E-state index in [2.05, 4.69) is 20.5 Å². The number of rotatable bonds is 9. The molecule has 1 aromatic heterocycles. The lowest BCUT2D eigenvalue weighted by atomic mass is 10.1. The Morgan fingerprint density at radius 3 is 2.74 bits per heavy atom. The minimum atomic E-state index is -0.327. The van der Waals surface area contributed by atoms with Crippen LogP contribution < -0.4 is 15.5 Å². The van der Waals surface area contributed by atoms with Gasteiger partial charge in [-0.1, -0.05) is 18.2 Å². The van der Waals surface area contributed by atoms with Crippen LogP contribution in [0.4, 0.5) is 16.3 Å². The number of urea groups is 1. The second-order valence-electron chi connectivity index (χ2n) is 8.89. The molecule has 2 aliphatic heterocycles. The van der Waals surface area contributed by atoms with Crippen molar-refractivity contribution < 1.29 is 19.1 Å². The van der Waals surface area contributed by atoms with E-state index >= 15 is 0 Å². The normalized spacial score (nSPS) is 18.2. The van der Waals surface area contributed by atoms with Crippen LogP contribution in [-0.2, 0) is 20.9 Å². The van der Waals surface area contributed by atoms with Gasteiger partial charge in [0, 0.05) is 57.6 Å². The first-order chi connectivity index (χ1) is 17.2. The summed E-state index contributed by atoms with van der Waals surface area (Å²) in [5.41, 5.74) is 1.67. The molecule has 4 rings (SSSR count). The monoisotopic (exact) mass is 481 g/mol. The summed E-state index contributed by atoms with van der Waals surface area (Å²) < 4.78 is 11.5. The molecule has 2 fully saturated rings. The van der Waals surface area contributed by atoms with Crippen LogP contribution in [0.1, 0.15) is 31.2 Å². The van der Waals surface area contributed by atoms with Crippen molar-refractivity contribution in [3.8, 4) is 0 Å². The number of nitrogens with zero attached hydrogens (tertiary/aromatic N) is 3. The van der Waals surface area contributed by atoms with Gasteiger partial charge in [-0.2, -0.15) is 0 Å². The quantitative estimate of drug-likeness (QED) is 0.572. The SMILES string of the molecule is O=C(NCCC(=O)N1CCN(c2ccccn2)CC1)Nc1cccc(COCC2CCCCO2)c1. The Bertz CT molecular complexity index is 944. The third-order valence-electron chi connectivity index (χ3n) is 6.26. The van der Waals surface area contributed by atoms with Gasteiger partial charge in [0.1, 0.15) is 5.82 Å². The number of hydrogen-bond acceptors (Lipinski definition) is 6. The Hall–Kier alpha value is -3.17. The summed E-state index contributed by atoms with van der Waals surface area (Å²) in [5.74, 6) is 0.985. The van der Waals surface area contributed by atoms with Crippen LogP contribution in [0.3, 0.4) is 0 Å². The van der Waals surface area contributed by atoms with Gasteiger partial charge in [0.2, 0.25) is 5.91 Å². The standard InChI is InChI=1S/C26H35N5O4/c32-25(31-15-13-30(14-16-31)24-9-1-3-11-27-24)10-12-28-26(33)29-22-7-5-6-21(18-22)19-34-20-23-8-2-4-17-35-23/h1,3,5-7,9,11,18,23H,2,4,8,10,12-17,19-20H2,(H2,28,29,33). The lowest BCUT2D eigenvalue weighted by molar-refractivity contribution is -0.131. The van der Waals surface area contributed by atoms with Gasteiger partial charge in [-0.15, -0.1) is 0 Å². The van der Waals surface area contributed by atoms with Crippen molar-refractivity contribution >= 4 is 23.4 Å². The molecule has 9 heteroatoms. The highest BCUT2D eigenvalue weighted by molar-refractivity contribution is 5.89. The van der Waals surface area contributed by atoms with Crippen molar-refractivity contribution in [3.63, 3.8) is 0 Å². The number of pyridine rings is 1. The van der Waals surface area contributed by atoms with E-state index in [1.54, 1.807) is 6.20 Å². The van der Waals surface area contributed by atoms with E-state index in [0.717, 1.165) is 43.9 Å². The highest BCUT2D eigenvalue weighted by atomic mass is 16.5. The second kappa shape index (κ2) is 13.1. The van der Waals surface area contributed by atoms with Crippen molar-refractivity contribution in [1.82, 2.24) is 15.2 Å². The zero-order chi connectivity index (χ0) is 24.3. The van der Waals surface area contributed by atoms with E-state index in [0.29, 0.717) is 32.0 Å². The molecule has 0 radical (unpaired) electrons. The Kier molecular flexibility index (Phi) is 9.31. The fourth-order valence-electron chi connectivity index (χ4n) is 4.33. The summed E-state index contributed by atoms with van der Waals surface area (Å²) in [6, 6.07) is 13.1. The molecular formula is C26H35N5O4. The summed E-state index contributed by atoms with van der Waals surface area (Å²) in [7, 11) is 0. The van der Waals surface area contributed by atoms with Gasteiger partial charge >= 0.3 is 6.03 Å². The van der Waals surface area contributed by atoms with Gasteiger partial charge in [0.15, 0.2) is 0 Å². The largest absolute Gasteiger partial charge is 0.376 e. The number of aromatic nitrogens is 1. The molecule has 2 aromatic rings. The lowest BCUT2D eigenvalue weighted by Crippen LogP contribution is -2.49. The van der Waals surface area contributed by atoms with Crippen molar-refractivity contribution in [1.29, 1.82) is 0 Å². The molecule has 3 amide bonds. The zero-order valence-electron chi connectivity index (χ0n) is 20.2. The average molecular weight is 482 g/mol. The third-order valence-corrected chi connectivity index (χ3v) is 6.26. The van der Waals surface area contributed by atoms with E-state index < -0.39 is 0 Å². The van der Waals surface area contributed by atoms with Crippen LogP contribution >= 0.6 is 0 Å². The number of ether oxygens (including phenoxy) is 2. The predicted molar refractivity (Wildman–Crippen MR) is 134 cm³/mol. The molecule has 0 spiro atoms. The molecular weight excluding hydrogens is 446 g/mol. The van der Waals surface area contributed by atoms with Crippen LogP contribution in [0.5, 0.6) is 0 Å². The number of nitrogens with one attached hydrogen (secondary N) is 2. The number of carbonyl (C=O) groups is 2. The molecule has 1 unspecified atom stereocenters. The Morgan fingerprint density at radius 1 is 1.09 bits per heavy atom. The highest BCUT2D eigenvalue weighted by Gasteiger charge is 2.21. The molecule has 2 aliphatic rings. The summed E-state index contributed by atoms with van der Waals surface area (Å²) in [6.07, 6.45) is 5.60. The maximum atomic E-state index is 12.5. The number of carbonyl (C=O) groups excluding carboxylic acids is 2. The second-order valence-corrected chi connectivity index (χ2v) is 8.89. The average Bonchev–Trinajstić information content (AvgIpc) is 2.90. The Labute approximate surface area is 206 Å². The smallest absolute Gasteiger partial charge is 0.319 e. The molecule has 1 aromatic carbocycles. The fourth-order valence-corrected chi connectivity index (χ4v) is 4.33. The van der Waals surface area contributed by atoms with Crippen LogP contribution in [0, 0.1) is 0 Å². The molecule has 35 heavy (non-hydrogen) atoms. The first-order valence-corrected chi connectivity index (χ1v) is 12.4. The van der Waals surface area contributed by atoms with Gasteiger partial charge in [-0.25, -0.2) is 9.78 Å². The molecule has 188 valence electrons. The first kappa shape index (κ1) is 24.9. The van der Waals surface area contributed by atoms with E-state index in [-0.39, 0.29) is 31.0 Å². The van der Waals surface area contributed by atoms with Crippen LogP contribution in [0.15, 0.2) is 48.7 Å².